The largest absolute Gasteiger partial charge is 0.410 e. The first-order valence-electron chi connectivity index (χ1n) is 15.1. The van der Waals surface area contributed by atoms with Crippen LogP contribution in [-0.2, 0) is 21.2 Å². The molecular formula is C32H46F5NO2SSi. The molecule has 42 heavy (non-hydrogen) atoms. The molecule has 0 unspecified atom stereocenters. The van der Waals surface area contributed by atoms with Crippen molar-refractivity contribution in [3.05, 3.63) is 57.9 Å². The van der Waals surface area contributed by atoms with E-state index in [1.165, 1.54) is 0 Å². The average molecular weight is 632 g/mol. The monoisotopic (exact) mass is 631 g/mol. The molecule has 2 aromatic rings. The number of hydrogen-bond donors (Lipinski definition) is 0. The number of pyridine rings is 1. The molecule has 0 radical (unpaired) electrons. The average Bonchev–Trinajstić information content (AvgIpc) is 3.41. The predicted octanol–water partition coefficient (Wildman–Crippen LogP) is 11.8. The maximum Gasteiger partial charge on any atom is 0.310 e. The zero-order chi connectivity index (χ0) is 31.4. The van der Waals surface area contributed by atoms with Crippen molar-refractivity contribution < 1.29 is 28.6 Å². The van der Waals surface area contributed by atoms with Gasteiger partial charge < -0.3 is 9.16 Å². The molecule has 2 heterocycles. The van der Waals surface area contributed by atoms with Crippen LogP contribution in [0.5, 0.6) is 0 Å². The van der Waals surface area contributed by atoms with Gasteiger partial charge in [-0.1, -0.05) is 92.9 Å². The predicted molar refractivity (Wildman–Crippen MR) is 162 cm³/mol. The molecule has 3 aliphatic rings. The zero-order valence-electron chi connectivity index (χ0n) is 26.3. The molecule has 10 heteroatoms. The first-order valence-corrected chi connectivity index (χ1v) is 20.0. The molecule has 1 aromatic heterocycles. The lowest BCUT2D eigenvalue weighted by Crippen LogP contribution is -2.44. The Kier molecular flexibility index (Phi) is 6.87. The van der Waals surface area contributed by atoms with Crippen LogP contribution in [0.2, 0.25) is 18.1 Å². The Labute approximate surface area is 248 Å². The molecule has 3 nitrogen and oxygen atoms in total. The fourth-order valence-electron chi connectivity index (χ4n) is 6.92. The molecule has 0 saturated heterocycles. The minimum Gasteiger partial charge on any atom is -0.410 e. The number of rotatable bonds is 5. The molecule has 2 atom stereocenters. The van der Waals surface area contributed by atoms with Crippen LogP contribution < -0.4 is 0 Å². The Morgan fingerprint density at radius 1 is 0.976 bits per heavy atom. The summed E-state index contributed by atoms with van der Waals surface area (Å²) in [6.45, 7) is 19.9. The second-order valence-corrected chi connectivity index (χ2v) is 22.6. The second-order valence-electron chi connectivity index (χ2n) is 15.5. The first kappa shape index (κ1) is 31.9. The normalized spacial score (nSPS) is 25.3. The number of benzene rings is 1. The van der Waals surface area contributed by atoms with E-state index in [9.17, 15) is 19.4 Å². The molecule has 236 valence electrons. The van der Waals surface area contributed by atoms with Crippen molar-refractivity contribution in [3.63, 3.8) is 0 Å². The number of fused-ring (bicyclic) bond motifs is 4. The summed E-state index contributed by atoms with van der Waals surface area (Å²) in [5, 5.41) is -0.00206. The van der Waals surface area contributed by atoms with Crippen LogP contribution in [0.15, 0.2) is 29.2 Å². The minimum absolute atomic E-state index is 0.00206. The van der Waals surface area contributed by atoms with Crippen LogP contribution in [0.4, 0.5) is 19.4 Å². The highest BCUT2D eigenvalue weighted by molar-refractivity contribution is 8.45. The summed E-state index contributed by atoms with van der Waals surface area (Å²) in [6.07, 6.45) is 4.30. The van der Waals surface area contributed by atoms with Gasteiger partial charge in [0.05, 0.1) is 11.7 Å². The number of nitrogens with zero attached hydrogens (tertiary/aromatic N) is 1. The van der Waals surface area contributed by atoms with Gasteiger partial charge in [0.15, 0.2) is 8.32 Å². The van der Waals surface area contributed by atoms with E-state index in [0.717, 1.165) is 78.7 Å². The van der Waals surface area contributed by atoms with Crippen molar-refractivity contribution in [2.24, 2.45) is 5.41 Å². The number of ether oxygens (including phenoxy) is 1. The van der Waals surface area contributed by atoms with Crippen LogP contribution in [0.25, 0.3) is 0 Å². The van der Waals surface area contributed by atoms with E-state index < -0.39 is 35.1 Å². The highest BCUT2D eigenvalue weighted by Crippen LogP contribution is 3.02. The van der Waals surface area contributed by atoms with Gasteiger partial charge in [-0.15, -0.1) is 0 Å². The van der Waals surface area contributed by atoms with Crippen LogP contribution in [-0.4, -0.2) is 13.3 Å². The van der Waals surface area contributed by atoms with Gasteiger partial charge in [-0.05, 0) is 78.4 Å². The molecule has 1 aliphatic heterocycles. The van der Waals surface area contributed by atoms with E-state index in [2.05, 4.69) is 61.6 Å². The highest BCUT2D eigenvalue weighted by Gasteiger charge is 2.65. The lowest BCUT2D eigenvalue weighted by molar-refractivity contribution is -0.0579. The van der Waals surface area contributed by atoms with Crippen molar-refractivity contribution in [1.82, 2.24) is 4.98 Å². The van der Waals surface area contributed by atoms with E-state index in [1.807, 2.05) is 0 Å². The van der Waals surface area contributed by atoms with Gasteiger partial charge in [-0.3, -0.25) is 4.98 Å². The number of hydrogen-bond acceptors (Lipinski definition) is 3. The molecule has 0 amide bonds. The Bertz CT molecular complexity index is 1390. The molecule has 1 aromatic carbocycles. The van der Waals surface area contributed by atoms with Crippen molar-refractivity contribution >= 4 is 18.5 Å². The Balaban J connectivity index is 1.75. The van der Waals surface area contributed by atoms with Gasteiger partial charge in [0.1, 0.15) is 11.0 Å². The van der Waals surface area contributed by atoms with Gasteiger partial charge in [0.2, 0.25) is 0 Å². The summed E-state index contributed by atoms with van der Waals surface area (Å²) in [5.74, 6) is 0.0282. The summed E-state index contributed by atoms with van der Waals surface area (Å²) in [4.78, 5) is 3.41. The zero-order valence-corrected chi connectivity index (χ0v) is 28.2. The van der Waals surface area contributed by atoms with E-state index in [-0.39, 0.29) is 22.5 Å². The SMILES string of the molecule is CC(C)c1nc2c(c3c1[C@@H](c1ccc(S(F)(F)(F)(F)F)cc1)OC31CCCC1)[C@@H](O[Si](C)(C)C(C)(C)C)CC(C)(C)C2. The van der Waals surface area contributed by atoms with Gasteiger partial charge in [-0.2, -0.15) is 0 Å². The van der Waals surface area contributed by atoms with Gasteiger partial charge in [0, 0.05) is 22.5 Å². The number of halogens is 5. The van der Waals surface area contributed by atoms with Crippen LogP contribution in [0.3, 0.4) is 0 Å². The molecule has 1 fully saturated rings. The molecule has 0 N–H and O–H groups in total. The molecule has 2 aliphatic carbocycles. The van der Waals surface area contributed by atoms with E-state index in [4.69, 9.17) is 14.1 Å². The molecular weight excluding hydrogens is 586 g/mol. The summed E-state index contributed by atoms with van der Waals surface area (Å²) in [5.41, 5.74) is 4.81. The lowest BCUT2D eigenvalue weighted by atomic mass is 9.70. The van der Waals surface area contributed by atoms with Crippen LogP contribution >= 0.6 is 10.2 Å². The molecule has 1 spiro atoms. The quantitative estimate of drug-likeness (QED) is 0.243. The van der Waals surface area contributed by atoms with Crippen molar-refractivity contribution in [2.75, 3.05) is 0 Å². The summed E-state index contributed by atoms with van der Waals surface area (Å²) < 4.78 is 82.0. The highest BCUT2D eigenvalue weighted by atomic mass is 32.5. The van der Waals surface area contributed by atoms with E-state index >= 15 is 0 Å². The van der Waals surface area contributed by atoms with E-state index in [0.29, 0.717) is 17.7 Å². The van der Waals surface area contributed by atoms with Gasteiger partial charge in [0.25, 0.3) is 0 Å². The smallest absolute Gasteiger partial charge is 0.310 e. The summed E-state index contributed by atoms with van der Waals surface area (Å²) in [7, 11) is -12.0. The van der Waals surface area contributed by atoms with Crippen molar-refractivity contribution in [1.29, 1.82) is 0 Å². The third-order valence-electron chi connectivity index (χ3n) is 9.98. The fraction of sp³-hybridized carbons (Fsp3) is 0.656. The van der Waals surface area contributed by atoms with Gasteiger partial charge >= 0.3 is 10.2 Å². The molecule has 1 saturated carbocycles. The van der Waals surface area contributed by atoms with E-state index in [1.54, 1.807) is 0 Å². The Morgan fingerprint density at radius 3 is 2.05 bits per heavy atom. The Hall–Kier alpha value is -1.49. The van der Waals surface area contributed by atoms with Crippen molar-refractivity contribution in [2.45, 2.75) is 134 Å². The molecule has 0 bridgehead atoms. The molecule has 5 rings (SSSR count). The maximum absolute atomic E-state index is 13.6. The fourth-order valence-corrected chi connectivity index (χ4v) is 8.83. The standard InChI is InChI=1S/C32H46F5NO2SSi/c1-20(2)28-26-27(25-23(38-28)18-31(6,7)19-24(25)40-42(8,9)30(3,4)5)32(16-10-11-17-32)39-29(26)21-12-14-22(15-13-21)41(33,34,35,36)37/h12-15,20,24,29H,10-11,16-19H2,1-9H3/t24-,29+/m0/s1. The second kappa shape index (κ2) is 9.04. The third-order valence-corrected chi connectivity index (χ3v) is 15.6. The van der Waals surface area contributed by atoms with Crippen LogP contribution in [0, 0.1) is 5.41 Å². The lowest BCUT2D eigenvalue weighted by Gasteiger charge is -2.45. The summed E-state index contributed by atoms with van der Waals surface area (Å²) in [6, 6.07) is 3.33. The minimum atomic E-state index is -9.80. The number of aromatic nitrogens is 1. The summed E-state index contributed by atoms with van der Waals surface area (Å²) >= 11 is 0. The maximum atomic E-state index is 13.6. The van der Waals surface area contributed by atoms with Gasteiger partial charge in [-0.25, -0.2) is 0 Å². The third kappa shape index (κ3) is 5.58. The topological polar surface area (TPSA) is 31.4 Å². The first-order chi connectivity index (χ1) is 18.8. The Morgan fingerprint density at radius 2 is 1.55 bits per heavy atom. The van der Waals surface area contributed by atoms with Crippen molar-refractivity contribution in [3.8, 4) is 0 Å². The van der Waals surface area contributed by atoms with Crippen LogP contribution in [0.1, 0.15) is 132 Å².